The molecule has 190 valence electrons. The molecule has 0 aliphatic rings. The monoisotopic (exact) mass is 584 g/mol. The first-order valence-electron chi connectivity index (χ1n) is 10.6. The minimum absolute atomic E-state index is 0. The fraction of sp³-hybridized carbons (Fsp3) is 0.0833. The minimum atomic E-state index is -4.84. The van der Waals surface area contributed by atoms with Crippen molar-refractivity contribution in [1.29, 1.82) is 0 Å². The molecule has 1 N–H and O–H groups in total. The molecule has 0 atom stereocenters. The van der Waals surface area contributed by atoms with Crippen molar-refractivity contribution in [2.24, 2.45) is 20.5 Å². The van der Waals surface area contributed by atoms with Crippen LogP contribution in [0.3, 0.4) is 0 Å². The van der Waals surface area contributed by atoms with Crippen molar-refractivity contribution in [3.05, 3.63) is 77.9 Å². The number of nitrogens with zero attached hydrogens (tertiary/aromatic N) is 4. The standard InChI is InChI=1S/C24H20N4O7S2.2Na/c1-14-12-17(25-26-20-10-8-18(13-15(20)2)36(30,31)32)7-9-19(14)27-28-24-21(29)11-6-16-4-3-5-22(23(16)24)37(33,34)35;;/h3-13,29H,1-2H3,(H,30,31,32)(H,33,34,35);;/q;2*+1/p-2. The summed E-state index contributed by atoms with van der Waals surface area (Å²) < 4.78 is 68.7. The van der Waals surface area contributed by atoms with Crippen LogP contribution in [-0.4, -0.2) is 31.0 Å². The maximum absolute atomic E-state index is 11.8. The van der Waals surface area contributed by atoms with E-state index in [1.54, 1.807) is 38.1 Å². The fourth-order valence-electron chi connectivity index (χ4n) is 3.55. The Balaban J connectivity index is 0.00000267. The fourth-order valence-corrected chi connectivity index (χ4v) is 4.82. The molecular weight excluding hydrogens is 566 g/mol. The van der Waals surface area contributed by atoms with Crippen molar-refractivity contribution in [1.82, 2.24) is 0 Å². The molecule has 0 aliphatic heterocycles. The van der Waals surface area contributed by atoms with Crippen LogP contribution in [0.15, 0.2) is 97.0 Å². The van der Waals surface area contributed by atoms with E-state index in [4.69, 9.17) is 0 Å². The van der Waals surface area contributed by atoms with E-state index >= 15 is 0 Å². The summed E-state index contributed by atoms with van der Waals surface area (Å²) in [6, 6.07) is 15.5. The molecule has 4 aromatic rings. The second-order valence-electron chi connectivity index (χ2n) is 8.01. The van der Waals surface area contributed by atoms with Gasteiger partial charge < -0.3 is 14.2 Å². The number of hydrogen-bond acceptors (Lipinski definition) is 11. The van der Waals surface area contributed by atoms with Crippen LogP contribution < -0.4 is 59.1 Å². The van der Waals surface area contributed by atoms with Gasteiger partial charge in [-0.1, -0.05) is 18.2 Å². The van der Waals surface area contributed by atoms with Crippen LogP contribution in [0.25, 0.3) is 10.8 Å². The molecule has 39 heavy (non-hydrogen) atoms. The number of rotatable bonds is 6. The largest absolute Gasteiger partial charge is 1.00 e. The van der Waals surface area contributed by atoms with Crippen molar-refractivity contribution in [3.63, 3.8) is 0 Å². The van der Waals surface area contributed by atoms with Crippen LogP contribution in [0.2, 0.25) is 0 Å². The summed E-state index contributed by atoms with van der Waals surface area (Å²) in [7, 11) is -9.41. The van der Waals surface area contributed by atoms with Gasteiger partial charge in [-0.2, -0.15) is 15.3 Å². The number of benzene rings is 4. The molecule has 0 aromatic heterocycles. The van der Waals surface area contributed by atoms with Gasteiger partial charge in [0.05, 0.1) is 26.9 Å². The van der Waals surface area contributed by atoms with E-state index in [9.17, 15) is 31.0 Å². The minimum Gasteiger partial charge on any atom is -0.744 e. The van der Waals surface area contributed by atoms with E-state index in [1.807, 2.05) is 0 Å². The van der Waals surface area contributed by atoms with Gasteiger partial charge in [-0.25, -0.2) is 16.8 Å². The molecule has 11 nitrogen and oxygen atoms in total. The second-order valence-corrected chi connectivity index (χ2v) is 10.7. The predicted molar refractivity (Wildman–Crippen MR) is 132 cm³/mol. The smallest absolute Gasteiger partial charge is 0.744 e. The van der Waals surface area contributed by atoms with Crippen LogP contribution in [-0.2, 0) is 20.2 Å². The average molecular weight is 585 g/mol. The van der Waals surface area contributed by atoms with Crippen LogP contribution in [0.4, 0.5) is 22.7 Å². The predicted octanol–water partition coefficient (Wildman–Crippen LogP) is -0.191. The van der Waals surface area contributed by atoms with Crippen molar-refractivity contribution >= 4 is 53.8 Å². The summed E-state index contributed by atoms with van der Waals surface area (Å²) in [5, 5.41) is 27.1. The summed E-state index contributed by atoms with van der Waals surface area (Å²) in [6.45, 7) is 3.33. The zero-order chi connectivity index (χ0) is 27.0. The molecule has 0 saturated carbocycles. The summed E-state index contributed by atoms with van der Waals surface area (Å²) in [5.74, 6) is -0.346. The number of phenols is 1. The first-order valence-corrected chi connectivity index (χ1v) is 13.4. The van der Waals surface area contributed by atoms with Crippen molar-refractivity contribution in [3.8, 4) is 5.75 Å². The molecule has 0 saturated heterocycles. The number of hydrogen-bond donors (Lipinski definition) is 1. The number of aryl methyl sites for hydroxylation is 2. The van der Waals surface area contributed by atoms with Crippen molar-refractivity contribution in [2.45, 2.75) is 23.6 Å². The van der Waals surface area contributed by atoms with Gasteiger partial charge in [-0.05, 0) is 78.9 Å². The SMILES string of the molecule is Cc1cc(S(=O)(=O)[O-])ccc1N=Nc1ccc(N=Nc2c(O)ccc3cccc(S(=O)(=O)[O-])c23)c(C)c1.[Na+].[Na+]. The van der Waals surface area contributed by atoms with Crippen LogP contribution in [0.5, 0.6) is 5.75 Å². The Bertz CT molecular complexity index is 1830. The van der Waals surface area contributed by atoms with Gasteiger partial charge in [0.15, 0.2) is 0 Å². The van der Waals surface area contributed by atoms with Crippen LogP contribution in [0, 0.1) is 13.8 Å². The Hall–Kier alpha value is -2.04. The Morgan fingerprint density at radius 3 is 1.90 bits per heavy atom. The third kappa shape index (κ3) is 7.79. The molecule has 0 spiro atoms. The van der Waals surface area contributed by atoms with E-state index < -0.39 is 25.1 Å². The quantitative estimate of drug-likeness (QED) is 0.185. The maximum Gasteiger partial charge on any atom is 1.00 e. The Labute approximate surface area is 269 Å². The van der Waals surface area contributed by atoms with Gasteiger partial charge in [0.25, 0.3) is 0 Å². The third-order valence-corrected chi connectivity index (χ3v) is 7.11. The summed E-state index contributed by atoms with van der Waals surface area (Å²) >= 11 is 0. The Morgan fingerprint density at radius 2 is 1.31 bits per heavy atom. The average Bonchev–Trinajstić information content (AvgIpc) is 2.82. The molecule has 0 aliphatic carbocycles. The number of phenolic OH excluding ortho intramolecular Hbond substituents is 1. The Morgan fingerprint density at radius 1 is 0.692 bits per heavy atom. The van der Waals surface area contributed by atoms with E-state index in [-0.39, 0.29) is 80.8 Å². The maximum atomic E-state index is 11.8. The van der Waals surface area contributed by atoms with E-state index in [1.165, 1.54) is 30.3 Å². The van der Waals surface area contributed by atoms with Gasteiger partial charge in [0, 0.05) is 5.39 Å². The number of aromatic hydroxyl groups is 1. The molecule has 0 amide bonds. The van der Waals surface area contributed by atoms with E-state index in [0.717, 1.165) is 12.1 Å². The summed E-state index contributed by atoms with van der Waals surface area (Å²) in [4.78, 5) is -0.870. The third-order valence-electron chi connectivity index (χ3n) is 5.40. The second kappa shape index (κ2) is 13.1. The Kier molecular flexibility index (Phi) is 11.1. The van der Waals surface area contributed by atoms with E-state index in [2.05, 4.69) is 20.5 Å². The molecule has 4 aromatic carbocycles. The molecule has 0 radical (unpaired) electrons. The van der Waals surface area contributed by atoms with Crippen molar-refractivity contribution in [2.75, 3.05) is 0 Å². The van der Waals surface area contributed by atoms with Gasteiger partial charge >= 0.3 is 59.1 Å². The molecule has 0 heterocycles. The van der Waals surface area contributed by atoms with Gasteiger partial charge in [-0.3, -0.25) is 0 Å². The normalized spacial score (nSPS) is 12.0. The van der Waals surface area contributed by atoms with Gasteiger partial charge in [0.2, 0.25) is 0 Å². The van der Waals surface area contributed by atoms with Gasteiger partial charge in [0.1, 0.15) is 31.7 Å². The number of azo groups is 2. The molecule has 0 fully saturated rings. The topological polar surface area (TPSA) is 184 Å². The first kappa shape index (κ1) is 33.2. The summed E-state index contributed by atoms with van der Waals surface area (Å²) in [6.07, 6.45) is 0. The summed E-state index contributed by atoms with van der Waals surface area (Å²) in [5.41, 5.74) is 2.14. The van der Waals surface area contributed by atoms with Gasteiger partial charge in [-0.15, -0.1) is 5.11 Å². The van der Waals surface area contributed by atoms with E-state index in [0.29, 0.717) is 33.6 Å². The molecule has 0 unspecified atom stereocenters. The molecule has 0 bridgehead atoms. The van der Waals surface area contributed by atoms with Crippen LogP contribution in [0.1, 0.15) is 11.1 Å². The zero-order valence-electron chi connectivity index (χ0n) is 21.4. The van der Waals surface area contributed by atoms with Crippen molar-refractivity contribution < 1.29 is 90.2 Å². The molecular formula is C24H18N4Na2O7S2. The zero-order valence-corrected chi connectivity index (χ0v) is 27.0. The molecule has 15 heteroatoms. The number of fused-ring (bicyclic) bond motifs is 1. The molecule has 4 rings (SSSR count). The first-order chi connectivity index (χ1) is 17.3. The van der Waals surface area contributed by atoms with Crippen LogP contribution >= 0.6 is 0 Å².